The molecule has 14 heteroatoms. The van der Waals surface area contributed by atoms with Crippen LogP contribution < -0.4 is 0 Å². The second-order valence-corrected chi connectivity index (χ2v) is 24.1. The van der Waals surface area contributed by atoms with Crippen molar-refractivity contribution in [3.63, 3.8) is 0 Å². The molecule has 0 aliphatic carbocycles. The first-order valence-corrected chi connectivity index (χ1v) is 21.2. The van der Waals surface area contributed by atoms with Crippen LogP contribution in [0, 0.1) is 0 Å². The van der Waals surface area contributed by atoms with Gasteiger partial charge in [-0.15, -0.1) is 0 Å². The standard InChI is InChI=1S/Pt.S13/c;1-3-5-7-9-11-13-12-10-8-6-4-2. The number of rotatable bonds is 0. The Bertz CT molecular complexity index is 573. The molecular formula is PtS13. The van der Waals surface area contributed by atoms with Gasteiger partial charge in [0.05, 0.1) is 0 Å². The summed E-state index contributed by atoms with van der Waals surface area (Å²) in [6.07, 6.45) is 0. The molecular weight excluding hydrogens is 612 g/mol. The molecule has 0 saturated heterocycles. The summed E-state index contributed by atoms with van der Waals surface area (Å²) < 4.78 is 0. The van der Waals surface area contributed by atoms with Gasteiger partial charge in [0, 0.05) is 11.2 Å². The SMILES string of the molecule is S=S=S=S=S=S=S=S=S=S=S=S=[S]=[Pt]. The molecule has 0 aromatic rings. The van der Waals surface area contributed by atoms with E-state index >= 15 is 0 Å². The van der Waals surface area contributed by atoms with Gasteiger partial charge in [-0.3, -0.25) is 0 Å². The second kappa shape index (κ2) is 16.5. The molecule has 0 aliphatic rings. The molecule has 88 valence electrons. The number of hydrogen-bond donors (Lipinski definition) is 0. The van der Waals surface area contributed by atoms with Crippen molar-refractivity contribution >= 4 is 116 Å². The van der Waals surface area contributed by atoms with Crippen molar-refractivity contribution < 1.29 is 18.0 Å². The normalized spacial score (nSPS) is 7.29. The molecule has 0 atom stereocenters. The summed E-state index contributed by atoms with van der Waals surface area (Å²) in [7, 11) is 20.8. The van der Waals surface area contributed by atoms with Crippen LogP contribution in [-0.2, 0) is 134 Å². The Morgan fingerprint density at radius 2 is 0.929 bits per heavy atom. The third-order valence-electron chi connectivity index (χ3n) is 0.299. The Labute approximate surface area is 131 Å². The summed E-state index contributed by atoms with van der Waals surface area (Å²) >= 11 is 6.98. The fourth-order valence-corrected chi connectivity index (χ4v) is 30.6. The maximum absolute atomic E-state index is 4.72. The van der Waals surface area contributed by atoms with Gasteiger partial charge in [0.2, 0.25) is 0 Å². The molecule has 0 N–H and O–H groups in total. The number of hydrogen-bond acceptors (Lipinski definition) is 1. The van der Waals surface area contributed by atoms with Crippen LogP contribution in [0.4, 0.5) is 0 Å². The third kappa shape index (κ3) is 15.5. The Hall–Kier alpha value is 3.55. The first-order valence-electron chi connectivity index (χ1n) is 2.13. The van der Waals surface area contributed by atoms with E-state index in [1.54, 1.807) is 96.3 Å². The predicted molar refractivity (Wildman–Crippen MR) is 95.7 cm³/mol. The first-order chi connectivity index (χ1) is 6.91. The van der Waals surface area contributed by atoms with Crippen LogP contribution >= 0.6 is 0 Å². The van der Waals surface area contributed by atoms with Gasteiger partial charge in [-0.2, -0.15) is 0 Å². The minimum absolute atomic E-state index is 1.37. The molecule has 0 aromatic carbocycles. The summed E-state index contributed by atoms with van der Waals surface area (Å²) in [5.74, 6) is 0. The fourth-order valence-electron chi connectivity index (χ4n) is 0.111. The molecule has 0 aliphatic heterocycles. The predicted octanol–water partition coefficient (Wildman–Crippen LogP) is -0.0337. The van der Waals surface area contributed by atoms with Gasteiger partial charge in [-0.25, -0.2) is 0 Å². The van der Waals surface area contributed by atoms with Crippen LogP contribution in [0.3, 0.4) is 0 Å². The molecule has 0 aromatic heterocycles. The Morgan fingerprint density at radius 3 is 1.29 bits per heavy atom. The molecule has 0 saturated carbocycles. The van der Waals surface area contributed by atoms with Crippen LogP contribution in [0.2, 0.25) is 0 Å². The molecule has 14 heavy (non-hydrogen) atoms. The van der Waals surface area contributed by atoms with Crippen molar-refractivity contribution in [1.29, 1.82) is 0 Å². The van der Waals surface area contributed by atoms with Gasteiger partial charge in [0.1, 0.15) is 0 Å². The van der Waals surface area contributed by atoms with E-state index in [-0.39, 0.29) is 0 Å². The van der Waals surface area contributed by atoms with Gasteiger partial charge in [-0.1, -0.05) is 0 Å². The van der Waals surface area contributed by atoms with E-state index < -0.39 is 0 Å². The van der Waals surface area contributed by atoms with Crippen LogP contribution in [0.25, 0.3) is 0 Å². The van der Waals surface area contributed by atoms with Crippen molar-refractivity contribution in [2.45, 2.75) is 0 Å². The van der Waals surface area contributed by atoms with Gasteiger partial charge < -0.3 is 0 Å². The summed E-state index contributed by atoms with van der Waals surface area (Å²) in [4.78, 5) is 0. The fraction of sp³-hybridized carbons (Fsp3) is 0. The molecule has 0 heterocycles. The van der Waals surface area contributed by atoms with E-state index in [4.69, 9.17) is 11.2 Å². The average molecular weight is 612 g/mol. The van der Waals surface area contributed by atoms with Gasteiger partial charge in [-0.05, 0) is 0 Å². The topological polar surface area (TPSA) is 0 Å². The van der Waals surface area contributed by atoms with Crippen molar-refractivity contribution in [2.24, 2.45) is 0 Å². The summed E-state index contributed by atoms with van der Waals surface area (Å²) in [6.45, 7) is 0. The Balaban J connectivity index is 5.57. The molecule has 0 radical (unpaired) electrons. The Morgan fingerprint density at radius 1 is 0.571 bits per heavy atom. The summed E-state index contributed by atoms with van der Waals surface area (Å²) in [6, 6.07) is 0. The van der Waals surface area contributed by atoms with E-state index in [1.807, 2.05) is 0 Å². The average Bonchev–Trinajstić information content (AvgIpc) is 2.21. The summed E-state index contributed by atoms with van der Waals surface area (Å²) in [5, 5.41) is 0. The zero-order valence-corrected chi connectivity index (χ0v) is 18.5. The molecule has 0 bridgehead atoms. The van der Waals surface area contributed by atoms with E-state index in [0.717, 1.165) is 0 Å². The van der Waals surface area contributed by atoms with E-state index in [9.17, 15) is 0 Å². The van der Waals surface area contributed by atoms with Crippen molar-refractivity contribution in [3.05, 3.63) is 0 Å². The summed E-state index contributed by atoms with van der Waals surface area (Å²) in [5.41, 5.74) is 0. The Kier molecular flexibility index (Phi) is 20.7. The van der Waals surface area contributed by atoms with Crippen LogP contribution in [-0.4, -0.2) is 0 Å². The zero-order chi connectivity index (χ0) is 10.5. The molecule has 0 unspecified atom stereocenters. The van der Waals surface area contributed by atoms with E-state index in [1.165, 1.54) is 8.88 Å². The van der Waals surface area contributed by atoms with Crippen molar-refractivity contribution in [1.82, 2.24) is 0 Å². The molecule has 0 fully saturated rings. The van der Waals surface area contributed by atoms with Gasteiger partial charge in [0.25, 0.3) is 0 Å². The molecule has 0 nitrogen and oxygen atoms in total. The second-order valence-electron chi connectivity index (χ2n) is 0.801. The van der Waals surface area contributed by atoms with Gasteiger partial charge in [0.15, 0.2) is 0 Å². The van der Waals surface area contributed by atoms with Crippen LogP contribution in [0.1, 0.15) is 0 Å². The third-order valence-corrected chi connectivity index (χ3v) is 27.3. The first kappa shape index (κ1) is 17.5. The maximum atomic E-state index is 4.72. The van der Waals surface area contributed by atoms with Crippen LogP contribution in [0.5, 0.6) is 0 Å². The van der Waals surface area contributed by atoms with Crippen LogP contribution in [0.15, 0.2) is 0 Å². The van der Waals surface area contributed by atoms with Gasteiger partial charge >= 0.3 is 123 Å². The minimum atomic E-state index is 1.37. The van der Waals surface area contributed by atoms with E-state index in [0.29, 0.717) is 0 Å². The van der Waals surface area contributed by atoms with Crippen molar-refractivity contribution in [2.75, 3.05) is 0 Å². The molecule has 0 spiro atoms. The molecule has 0 amide bonds. The molecule has 0 rings (SSSR count). The van der Waals surface area contributed by atoms with Crippen molar-refractivity contribution in [3.8, 4) is 0 Å². The quantitative estimate of drug-likeness (QED) is 0.371. The van der Waals surface area contributed by atoms with E-state index in [2.05, 4.69) is 18.0 Å². The zero-order valence-electron chi connectivity index (χ0n) is 5.62. The monoisotopic (exact) mass is 611 g/mol.